The molecule has 0 unspecified atom stereocenters. The van der Waals surface area contributed by atoms with Gasteiger partial charge in [0.25, 0.3) is 0 Å². The Morgan fingerprint density at radius 2 is 2.17 bits per heavy atom. The average molecular weight is 167 g/mol. The standard InChI is InChI=1S/C9H11NO2.H2/c1-10-9(11)12-7-8-5-3-2-4-6-8;/h2-6H,7H2,1H3,(H,10,11);1H. The zero-order valence-corrected chi connectivity index (χ0v) is 6.91. The minimum Gasteiger partial charge on any atom is -0.445 e. The van der Waals surface area contributed by atoms with E-state index in [4.69, 9.17) is 4.74 Å². The van der Waals surface area contributed by atoms with Gasteiger partial charge in [0.05, 0.1) is 0 Å². The molecule has 0 saturated carbocycles. The van der Waals surface area contributed by atoms with Crippen molar-refractivity contribution in [1.29, 1.82) is 0 Å². The summed E-state index contributed by atoms with van der Waals surface area (Å²) in [6, 6.07) is 9.54. The van der Waals surface area contributed by atoms with E-state index in [-0.39, 0.29) is 1.43 Å². The van der Waals surface area contributed by atoms with Crippen LogP contribution in [-0.4, -0.2) is 13.1 Å². The Morgan fingerprint density at radius 3 is 2.75 bits per heavy atom. The number of nitrogens with one attached hydrogen (secondary N) is 1. The maximum Gasteiger partial charge on any atom is 0.407 e. The number of rotatable bonds is 2. The van der Waals surface area contributed by atoms with Gasteiger partial charge in [-0.1, -0.05) is 30.3 Å². The van der Waals surface area contributed by atoms with E-state index in [9.17, 15) is 4.79 Å². The van der Waals surface area contributed by atoms with E-state index in [1.807, 2.05) is 30.3 Å². The van der Waals surface area contributed by atoms with Crippen LogP contribution >= 0.6 is 0 Å². The van der Waals surface area contributed by atoms with Crippen LogP contribution in [0.4, 0.5) is 4.79 Å². The molecule has 1 rings (SSSR count). The lowest BCUT2D eigenvalue weighted by Gasteiger charge is -2.02. The molecule has 12 heavy (non-hydrogen) atoms. The predicted octanol–water partition coefficient (Wildman–Crippen LogP) is 1.79. The molecule has 0 bridgehead atoms. The molecule has 0 aromatic heterocycles. The first-order valence-corrected chi connectivity index (χ1v) is 3.71. The first kappa shape index (κ1) is 8.59. The average Bonchev–Trinajstić information content (AvgIpc) is 2.16. The van der Waals surface area contributed by atoms with Crippen molar-refractivity contribution in [2.75, 3.05) is 7.05 Å². The van der Waals surface area contributed by atoms with Crippen LogP contribution in [0.25, 0.3) is 0 Å². The smallest absolute Gasteiger partial charge is 0.407 e. The lowest BCUT2D eigenvalue weighted by atomic mass is 10.2. The SMILES string of the molecule is CNC(=O)OCc1ccccc1.[HH]. The Labute approximate surface area is 72.8 Å². The summed E-state index contributed by atoms with van der Waals surface area (Å²) in [6.07, 6.45) is -0.404. The molecule has 66 valence electrons. The lowest BCUT2D eigenvalue weighted by molar-refractivity contribution is 0.142. The highest BCUT2D eigenvalue weighted by Gasteiger charge is 1.96. The second-order valence-electron chi connectivity index (χ2n) is 2.31. The number of carbonyl (C=O) groups is 1. The molecule has 0 aliphatic rings. The third-order valence-electron chi connectivity index (χ3n) is 1.42. The molecule has 0 heterocycles. The van der Waals surface area contributed by atoms with Crippen molar-refractivity contribution in [1.82, 2.24) is 5.32 Å². The lowest BCUT2D eigenvalue weighted by Crippen LogP contribution is -2.18. The first-order valence-electron chi connectivity index (χ1n) is 3.71. The molecule has 1 aromatic carbocycles. The normalized spacial score (nSPS) is 9.08. The fourth-order valence-electron chi connectivity index (χ4n) is 0.795. The van der Waals surface area contributed by atoms with Crippen LogP contribution < -0.4 is 5.32 Å². The largest absolute Gasteiger partial charge is 0.445 e. The topological polar surface area (TPSA) is 38.3 Å². The Balaban J connectivity index is 0.00000144. The molecule has 3 heteroatoms. The van der Waals surface area contributed by atoms with Crippen molar-refractivity contribution in [3.05, 3.63) is 35.9 Å². The van der Waals surface area contributed by atoms with Crippen molar-refractivity contribution in [2.24, 2.45) is 0 Å². The van der Waals surface area contributed by atoms with E-state index < -0.39 is 6.09 Å². The van der Waals surface area contributed by atoms with Crippen LogP contribution in [0.1, 0.15) is 6.99 Å². The Morgan fingerprint density at radius 1 is 1.50 bits per heavy atom. The Kier molecular flexibility index (Phi) is 3.14. The fourth-order valence-corrected chi connectivity index (χ4v) is 0.795. The highest BCUT2D eigenvalue weighted by atomic mass is 16.5. The van der Waals surface area contributed by atoms with E-state index in [0.717, 1.165) is 5.56 Å². The predicted molar refractivity (Wildman–Crippen MR) is 47.8 cm³/mol. The number of hydrogen-bond donors (Lipinski definition) is 1. The Hall–Kier alpha value is -1.51. The van der Waals surface area contributed by atoms with Gasteiger partial charge in [-0.3, -0.25) is 0 Å². The van der Waals surface area contributed by atoms with Gasteiger partial charge in [0.1, 0.15) is 6.61 Å². The summed E-state index contributed by atoms with van der Waals surface area (Å²) >= 11 is 0. The van der Waals surface area contributed by atoms with Crippen molar-refractivity contribution in [3.63, 3.8) is 0 Å². The monoisotopic (exact) mass is 167 g/mol. The molecule has 1 aromatic rings. The van der Waals surface area contributed by atoms with E-state index in [1.165, 1.54) is 7.05 Å². The molecule has 3 nitrogen and oxygen atoms in total. The molecule has 0 atom stereocenters. The maximum absolute atomic E-state index is 10.7. The molecule has 0 fully saturated rings. The van der Waals surface area contributed by atoms with Crippen LogP contribution in [0.15, 0.2) is 30.3 Å². The van der Waals surface area contributed by atoms with E-state index >= 15 is 0 Å². The zero-order chi connectivity index (χ0) is 8.81. The summed E-state index contributed by atoms with van der Waals surface area (Å²) < 4.78 is 4.83. The number of carbonyl (C=O) groups excluding carboxylic acids is 1. The van der Waals surface area contributed by atoms with Gasteiger partial charge in [0.2, 0.25) is 0 Å². The molecule has 0 radical (unpaired) electrons. The highest BCUT2D eigenvalue weighted by Crippen LogP contribution is 1.99. The number of alkyl carbamates (subject to hydrolysis) is 1. The van der Waals surface area contributed by atoms with Gasteiger partial charge in [-0.15, -0.1) is 0 Å². The van der Waals surface area contributed by atoms with Gasteiger partial charge >= 0.3 is 6.09 Å². The molecule has 0 spiro atoms. The quantitative estimate of drug-likeness (QED) is 0.729. The van der Waals surface area contributed by atoms with Gasteiger partial charge in [0, 0.05) is 8.47 Å². The fraction of sp³-hybridized carbons (Fsp3) is 0.222. The van der Waals surface area contributed by atoms with Crippen LogP contribution in [0, 0.1) is 0 Å². The summed E-state index contributed by atoms with van der Waals surface area (Å²) in [4.78, 5) is 10.7. The van der Waals surface area contributed by atoms with Gasteiger partial charge in [-0.05, 0) is 5.56 Å². The molecule has 0 aliphatic heterocycles. The van der Waals surface area contributed by atoms with Gasteiger partial charge in [-0.2, -0.15) is 0 Å². The molecule has 0 saturated heterocycles. The maximum atomic E-state index is 10.7. The van der Waals surface area contributed by atoms with Gasteiger partial charge in [0.15, 0.2) is 0 Å². The zero-order valence-electron chi connectivity index (χ0n) is 6.91. The summed E-state index contributed by atoms with van der Waals surface area (Å²) in [7, 11) is 1.54. The minimum absolute atomic E-state index is 0. The third-order valence-corrected chi connectivity index (χ3v) is 1.42. The molecule has 0 aliphatic carbocycles. The summed E-state index contributed by atoms with van der Waals surface area (Å²) in [5, 5.41) is 2.37. The van der Waals surface area contributed by atoms with Gasteiger partial charge < -0.3 is 10.1 Å². The summed E-state index contributed by atoms with van der Waals surface area (Å²) in [5.74, 6) is 0. The molecular formula is C9H13NO2. The Bertz CT molecular complexity index is 251. The van der Waals surface area contributed by atoms with E-state index in [0.29, 0.717) is 6.61 Å². The number of ether oxygens (including phenoxy) is 1. The second-order valence-corrected chi connectivity index (χ2v) is 2.31. The van der Waals surface area contributed by atoms with Crippen LogP contribution in [0.5, 0.6) is 0 Å². The number of benzene rings is 1. The first-order chi connectivity index (χ1) is 5.83. The van der Waals surface area contributed by atoms with Crippen molar-refractivity contribution < 1.29 is 11.0 Å². The van der Waals surface area contributed by atoms with Crippen molar-refractivity contribution >= 4 is 6.09 Å². The van der Waals surface area contributed by atoms with Crippen molar-refractivity contribution in [2.45, 2.75) is 6.61 Å². The van der Waals surface area contributed by atoms with Crippen LogP contribution in [-0.2, 0) is 11.3 Å². The molecule has 1 N–H and O–H groups in total. The molecular weight excluding hydrogens is 154 g/mol. The summed E-state index contributed by atoms with van der Waals surface area (Å²) in [5.41, 5.74) is 0.987. The van der Waals surface area contributed by atoms with Crippen LogP contribution in [0.3, 0.4) is 0 Å². The van der Waals surface area contributed by atoms with Crippen molar-refractivity contribution in [3.8, 4) is 0 Å². The second kappa shape index (κ2) is 4.38. The minimum atomic E-state index is -0.404. The highest BCUT2D eigenvalue weighted by molar-refractivity contribution is 5.66. The van der Waals surface area contributed by atoms with Crippen LogP contribution in [0.2, 0.25) is 0 Å². The number of hydrogen-bond acceptors (Lipinski definition) is 2. The molecule has 1 amide bonds. The summed E-state index contributed by atoms with van der Waals surface area (Å²) in [6.45, 7) is 0.320. The van der Waals surface area contributed by atoms with Gasteiger partial charge in [-0.25, -0.2) is 4.79 Å². The number of amides is 1. The van der Waals surface area contributed by atoms with E-state index in [1.54, 1.807) is 0 Å². The van der Waals surface area contributed by atoms with E-state index in [2.05, 4.69) is 5.32 Å². The third kappa shape index (κ3) is 2.62.